The molecule has 1 aliphatic heterocycles. The molecule has 6 heteroatoms. The summed E-state index contributed by atoms with van der Waals surface area (Å²) in [6.45, 7) is -0.264. The van der Waals surface area contributed by atoms with Gasteiger partial charge in [0.05, 0.1) is 11.6 Å². The highest BCUT2D eigenvalue weighted by molar-refractivity contribution is 5.92. The highest BCUT2D eigenvalue weighted by Gasteiger charge is 2.20. The number of rotatable bonds is 6. The van der Waals surface area contributed by atoms with Gasteiger partial charge in [-0.3, -0.25) is 4.79 Å². The number of benzene rings is 3. The smallest absolute Gasteiger partial charge is 0.338 e. The van der Waals surface area contributed by atoms with Crippen LogP contribution in [0.4, 0.5) is 0 Å². The predicted octanol–water partition coefficient (Wildman–Crippen LogP) is 3.48. The molecule has 1 N–H and O–H groups in total. The molecule has 0 saturated heterocycles. The Bertz CT molecular complexity index is 965. The summed E-state index contributed by atoms with van der Waals surface area (Å²) in [6.07, 6.45) is 0. The van der Waals surface area contributed by atoms with Crippen molar-refractivity contribution in [1.82, 2.24) is 5.32 Å². The maximum Gasteiger partial charge on any atom is 0.338 e. The van der Waals surface area contributed by atoms with Gasteiger partial charge >= 0.3 is 5.97 Å². The molecule has 0 aromatic heterocycles. The molecule has 0 bridgehead atoms. The van der Waals surface area contributed by atoms with Gasteiger partial charge in [0.2, 0.25) is 6.79 Å². The topological polar surface area (TPSA) is 73.9 Å². The fourth-order valence-corrected chi connectivity index (χ4v) is 3.09. The zero-order valence-electron chi connectivity index (χ0n) is 15.5. The summed E-state index contributed by atoms with van der Waals surface area (Å²) in [6, 6.07) is 23.7. The Hall–Kier alpha value is -3.80. The van der Waals surface area contributed by atoms with E-state index in [9.17, 15) is 9.59 Å². The van der Waals surface area contributed by atoms with Gasteiger partial charge in [0, 0.05) is 0 Å². The van der Waals surface area contributed by atoms with E-state index in [2.05, 4.69) is 5.32 Å². The number of amides is 1. The van der Waals surface area contributed by atoms with E-state index < -0.39 is 11.9 Å². The van der Waals surface area contributed by atoms with E-state index in [0.29, 0.717) is 17.1 Å². The summed E-state index contributed by atoms with van der Waals surface area (Å²) >= 11 is 0. The van der Waals surface area contributed by atoms with Crippen LogP contribution in [0.5, 0.6) is 11.5 Å². The minimum absolute atomic E-state index is 0.122. The van der Waals surface area contributed by atoms with E-state index in [-0.39, 0.29) is 19.4 Å². The third-order valence-electron chi connectivity index (χ3n) is 4.51. The second kappa shape index (κ2) is 8.48. The number of hydrogen-bond acceptors (Lipinski definition) is 5. The number of fused-ring (bicyclic) bond motifs is 1. The molecule has 0 aliphatic carbocycles. The first kappa shape index (κ1) is 18.6. The van der Waals surface area contributed by atoms with Gasteiger partial charge < -0.3 is 19.5 Å². The zero-order valence-corrected chi connectivity index (χ0v) is 15.5. The second-order valence-corrected chi connectivity index (χ2v) is 6.47. The van der Waals surface area contributed by atoms with Crippen molar-refractivity contribution < 1.29 is 23.8 Å². The van der Waals surface area contributed by atoms with Gasteiger partial charge in [0.15, 0.2) is 18.1 Å². The van der Waals surface area contributed by atoms with Crippen LogP contribution < -0.4 is 14.8 Å². The first-order valence-electron chi connectivity index (χ1n) is 9.17. The molecule has 3 aromatic carbocycles. The zero-order chi connectivity index (χ0) is 20.1. The lowest BCUT2D eigenvalue weighted by Crippen LogP contribution is -2.33. The van der Waals surface area contributed by atoms with E-state index in [4.69, 9.17) is 14.2 Å². The average molecular weight is 389 g/mol. The fraction of sp³-hybridized carbons (Fsp3) is 0.130. The number of hydrogen-bond donors (Lipinski definition) is 1. The van der Waals surface area contributed by atoms with Gasteiger partial charge in [-0.1, -0.05) is 60.7 Å². The van der Waals surface area contributed by atoms with Crippen LogP contribution in [0.15, 0.2) is 78.9 Å². The van der Waals surface area contributed by atoms with Crippen LogP contribution >= 0.6 is 0 Å². The molecule has 6 nitrogen and oxygen atoms in total. The fourth-order valence-electron chi connectivity index (χ4n) is 3.09. The van der Waals surface area contributed by atoms with Gasteiger partial charge in [0.1, 0.15) is 0 Å². The van der Waals surface area contributed by atoms with Crippen molar-refractivity contribution in [2.75, 3.05) is 13.4 Å². The molecule has 0 fully saturated rings. The van der Waals surface area contributed by atoms with Gasteiger partial charge in [-0.05, 0) is 29.3 Å². The number of carbonyl (C=O) groups is 2. The molecular weight excluding hydrogens is 370 g/mol. The third kappa shape index (κ3) is 4.38. The minimum Gasteiger partial charge on any atom is -0.454 e. The van der Waals surface area contributed by atoms with Crippen LogP contribution in [0, 0.1) is 0 Å². The molecule has 0 unspecified atom stereocenters. The lowest BCUT2D eigenvalue weighted by molar-refractivity contribution is -0.124. The van der Waals surface area contributed by atoms with Crippen LogP contribution in [-0.4, -0.2) is 25.3 Å². The average Bonchev–Trinajstić information content (AvgIpc) is 3.25. The van der Waals surface area contributed by atoms with E-state index >= 15 is 0 Å². The maximum atomic E-state index is 12.5. The molecule has 0 saturated carbocycles. The molecule has 0 spiro atoms. The number of ether oxygens (including phenoxy) is 3. The van der Waals surface area contributed by atoms with Crippen LogP contribution in [0.25, 0.3) is 0 Å². The van der Waals surface area contributed by atoms with Crippen LogP contribution in [0.3, 0.4) is 0 Å². The van der Waals surface area contributed by atoms with E-state index in [1.165, 1.54) is 0 Å². The normalized spacial score (nSPS) is 11.9. The Morgan fingerprint density at radius 3 is 2.14 bits per heavy atom. The molecule has 4 rings (SSSR count). The number of nitrogens with one attached hydrogen (secondary N) is 1. The Balaban J connectivity index is 1.41. The van der Waals surface area contributed by atoms with Crippen molar-refractivity contribution in [2.45, 2.75) is 6.04 Å². The Morgan fingerprint density at radius 2 is 1.48 bits per heavy atom. The summed E-state index contributed by atoms with van der Waals surface area (Å²) in [5.74, 6) is 0.0659. The Labute approximate surface area is 168 Å². The van der Waals surface area contributed by atoms with Crippen molar-refractivity contribution in [1.29, 1.82) is 0 Å². The second-order valence-electron chi connectivity index (χ2n) is 6.47. The quantitative estimate of drug-likeness (QED) is 0.654. The summed E-state index contributed by atoms with van der Waals surface area (Å²) < 4.78 is 15.7. The van der Waals surface area contributed by atoms with Crippen LogP contribution in [0.1, 0.15) is 27.5 Å². The van der Waals surface area contributed by atoms with Crippen molar-refractivity contribution in [3.05, 3.63) is 95.6 Å². The first-order valence-corrected chi connectivity index (χ1v) is 9.17. The molecule has 29 heavy (non-hydrogen) atoms. The van der Waals surface area contributed by atoms with E-state index in [0.717, 1.165) is 11.1 Å². The minimum atomic E-state index is -0.602. The maximum absolute atomic E-state index is 12.5. The van der Waals surface area contributed by atoms with Crippen LogP contribution in [0.2, 0.25) is 0 Å². The highest BCUT2D eigenvalue weighted by atomic mass is 16.7. The first-order chi connectivity index (χ1) is 14.2. The van der Waals surface area contributed by atoms with Gasteiger partial charge in [-0.25, -0.2) is 4.79 Å². The molecule has 146 valence electrons. The molecule has 3 aromatic rings. The van der Waals surface area contributed by atoms with Gasteiger partial charge in [-0.15, -0.1) is 0 Å². The molecule has 1 aliphatic rings. The lowest BCUT2D eigenvalue weighted by atomic mass is 9.99. The van der Waals surface area contributed by atoms with Crippen LogP contribution in [-0.2, 0) is 9.53 Å². The summed E-state index contributed by atoms with van der Waals surface area (Å²) in [7, 11) is 0. The summed E-state index contributed by atoms with van der Waals surface area (Å²) in [5, 5.41) is 2.94. The van der Waals surface area contributed by atoms with Crippen molar-refractivity contribution >= 4 is 11.9 Å². The van der Waals surface area contributed by atoms with Crippen molar-refractivity contribution in [3.8, 4) is 11.5 Å². The third-order valence-corrected chi connectivity index (χ3v) is 4.51. The van der Waals surface area contributed by atoms with Crippen molar-refractivity contribution in [2.24, 2.45) is 0 Å². The van der Waals surface area contributed by atoms with E-state index in [1.807, 2.05) is 60.7 Å². The summed E-state index contributed by atoms with van der Waals surface area (Å²) in [5.41, 5.74) is 2.17. The molecular formula is C23H19NO5. The molecule has 1 amide bonds. The molecule has 0 atom stereocenters. The molecule has 1 heterocycles. The molecule has 0 radical (unpaired) electrons. The Morgan fingerprint density at radius 1 is 0.862 bits per heavy atom. The number of esters is 1. The van der Waals surface area contributed by atoms with E-state index in [1.54, 1.807) is 18.2 Å². The monoisotopic (exact) mass is 389 g/mol. The highest BCUT2D eigenvalue weighted by Crippen LogP contribution is 2.32. The Kier molecular flexibility index (Phi) is 5.42. The van der Waals surface area contributed by atoms with Crippen molar-refractivity contribution in [3.63, 3.8) is 0 Å². The standard InChI is InChI=1S/C23H19NO5/c25-21(14-27-23(26)18-11-12-19-20(13-18)29-15-28-19)24-22(16-7-3-1-4-8-16)17-9-5-2-6-10-17/h1-13,22H,14-15H2,(H,24,25). The SMILES string of the molecule is O=C(COC(=O)c1ccc2c(c1)OCO2)NC(c1ccccc1)c1ccccc1. The largest absolute Gasteiger partial charge is 0.454 e. The summed E-state index contributed by atoms with van der Waals surface area (Å²) in [4.78, 5) is 24.8. The van der Waals surface area contributed by atoms with Gasteiger partial charge in [0.25, 0.3) is 5.91 Å². The predicted molar refractivity (Wildman–Crippen MR) is 106 cm³/mol. The lowest BCUT2D eigenvalue weighted by Gasteiger charge is -2.20. The van der Waals surface area contributed by atoms with Gasteiger partial charge in [-0.2, -0.15) is 0 Å². The number of carbonyl (C=O) groups excluding carboxylic acids is 2.